The van der Waals surface area contributed by atoms with Crippen LogP contribution in [0, 0.1) is 20.8 Å². The summed E-state index contributed by atoms with van der Waals surface area (Å²) in [4.78, 5) is 13.7. The highest BCUT2D eigenvalue weighted by Gasteiger charge is 2.19. The number of benzene rings is 2. The summed E-state index contributed by atoms with van der Waals surface area (Å²) in [6.07, 6.45) is 0. The van der Waals surface area contributed by atoms with Crippen LogP contribution in [0.4, 0.5) is 5.69 Å². The highest BCUT2D eigenvalue weighted by atomic mass is 32.2. The van der Waals surface area contributed by atoms with E-state index in [9.17, 15) is 13.2 Å². The van der Waals surface area contributed by atoms with Crippen molar-refractivity contribution < 1.29 is 13.2 Å². The van der Waals surface area contributed by atoms with Crippen molar-refractivity contribution in [3.05, 3.63) is 58.7 Å². The van der Waals surface area contributed by atoms with Gasteiger partial charge in [0.1, 0.15) is 0 Å². The molecule has 2 aromatic carbocycles. The fourth-order valence-electron chi connectivity index (χ4n) is 2.41. The summed E-state index contributed by atoms with van der Waals surface area (Å²) in [5, 5.41) is 0. The third-order valence-corrected chi connectivity index (χ3v) is 5.37. The summed E-state index contributed by atoms with van der Waals surface area (Å²) < 4.78 is 27.9. The summed E-state index contributed by atoms with van der Waals surface area (Å²) in [6, 6.07) is 10.00. The Hall–Kier alpha value is -2.34. The van der Waals surface area contributed by atoms with Gasteiger partial charge in [0.25, 0.3) is 15.9 Å². The van der Waals surface area contributed by atoms with Gasteiger partial charge in [0.2, 0.25) is 0 Å². The molecule has 1 amide bonds. The molecule has 2 aromatic rings. The summed E-state index contributed by atoms with van der Waals surface area (Å²) in [6.45, 7) is 5.60. The van der Waals surface area contributed by atoms with Crippen LogP contribution >= 0.6 is 0 Å². The molecule has 0 saturated carbocycles. The third kappa shape index (κ3) is 3.76. The van der Waals surface area contributed by atoms with E-state index in [2.05, 4.69) is 4.72 Å². The minimum absolute atomic E-state index is 0.182. The predicted octanol–water partition coefficient (Wildman–Crippen LogP) is 3.11. The Labute approximate surface area is 143 Å². The quantitative estimate of drug-likeness (QED) is 0.925. The van der Waals surface area contributed by atoms with Crippen molar-refractivity contribution >= 4 is 21.6 Å². The number of hydrogen-bond donors (Lipinski definition) is 1. The maximum atomic E-state index is 12.7. The van der Waals surface area contributed by atoms with Crippen molar-refractivity contribution in [2.24, 2.45) is 0 Å². The smallest absolute Gasteiger partial charge is 0.262 e. The topological polar surface area (TPSA) is 66.5 Å². The number of sulfonamides is 1. The van der Waals surface area contributed by atoms with Crippen LogP contribution in [-0.2, 0) is 10.0 Å². The molecule has 0 aliphatic heterocycles. The van der Waals surface area contributed by atoms with E-state index in [1.54, 1.807) is 45.3 Å². The Kier molecular flexibility index (Phi) is 4.99. The number of aryl methyl sites for hydroxylation is 3. The highest BCUT2D eigenvalue weighted by molar-refractivity contribution is 7.92. The number of amides is 1. The maximum absolute atomic E-state index is 12.7. The molecular formula is C18H22N2O3S. The molecule has 0 bridgehead atoms. The largest absolute Gasteiger partial charge is 0.345 e. The second-order valence-corrected chi connectivity index (χ2v) is 7.74. The zero-order chi connectivity index (χ0) is 18.1. The molecule has 0 unspecified atom stereocenters. The van der Waals surface area contributed by atoms with E-state index in [0.717, 1.165) is 11.1 Å². The molecule has 0 saturated heterocycles. The number of hydrogen-bond acceptors (Lipinski definition) is 3. The first-order valence-corrected chi connectivity index (χ1v) is 9.02. The van der Waals surface area contributed by atoms with Gasteiger partial charge in [-0.15, -0.1) is 0 Å². The van der Waals surface area contributed by atoms with Crippen LogP contribution < -0.4 is 4.72 Å². The van der Waals surface area contributed by atoms with Gasteiger partial charge in [0.15, 0.2) is 0 Å². The molecular weight excluding hydrogens is 324 g/mol. The molecule has 0 spiro atoms. The van der Waals surface area contributed by atoms with Gasteiger partial charge in [-0.05, 0) is 61.7 Å². The van der Waals surface area contributed by atoms with Gasteiger partial charge in [-0.3, -0.25) is 9.52 Å². The lowest BCUT2D eigenvalue weighted by atomic mass is 10.1. The first-order chi connectivity index (χ1) is 11.1. The van der Waals surface area contributed by atoms with Crippen LogP contribution in [0.2, 0.25) is 0 Å². The van der Waals surface area contributed by atoms with E-state index in [4.69, 9.17) is 0 Å². The lowest BCUT2D eigenvalue weighted by Crippen LogP contribution is -2.22. The molecule has 24 heavy (non-hydrogen) atoms. The number of rotatable bonds is 4. The SMILES string of the molecule is Cc1cc(C)c(S(=O)(=O)Nc2cccc(C(=O)N(C)C)c2)cc1C. The lowest BCUT2D eigenvalue weighted by Gasteiger charge is -2.14. The number of carbonyl (C=O) groups excluding carboxylic acids is 1. The van der Waals surface area contributed by atoms with Crippen molar-refractivity contribution in [2.75, 3.05) is 18.8 Å². The first kappa shape index (κ1) is 18.0. The monoisotopic (exact) mass is 346 g/mol. The van der Waals surface area contributed by atoms with Crippen LogP contribution in [0.25, 0.3) is 0 Å². The molecule has 0 radical (unpaired) electrons. The van der Waals surface area contributed by atoms with Gasteiger partial charge < -0.3 is 4.90 Å². The van der Waals surface area contributed by atoms with Gasteiger partial charge in [-0.1, -0.05) is 12.1 Å². The Morgan fingerprint density at radius 3 is 2.21 bits per heavy atom. The lowest BCUT2D eigenvalue weighted by molar-refractivity contribution is 0.0827. The van der Waals surface area contributed by atoms with Crippen molar-refractivity contribution in [1.82, 2.24) is 4.90 Å². The zero-order valence-corrected chi connectivity index (χ0v) is 15.4. The third-order valence-electron chi connectivity index (χ3n) is 3.85. The normalized spacial score (nSPS) is 11.2. The van der Waals surface area contributed by atoms with E-state index >= 15 is 0 Å². The zero-order valence-electron chi connectivity index (χ0n) is 14.5. The molecule has 5 nitrogen and oxygen atoms in total. The van der Waals surface area contributed by atoms with Crippen molar-refractivity contribution in [2.45, 2.75) is 25.7 Å². The average molecular weight is 346 g/mol. The van der Waals surface area contributed by atoms with Gasteiger partial charge in [0, 0.05) is 25.3 Å². The van der Waals surface area contributed by atoms with Crippen molar-refractivity contribution in [1.29, 1.82) is 0 Å². The highest BCUT2D eigenvalue weighted by Crippen LogP contribution is 2.23. The molecule has 0 aromatic heterocycles. The summed E-state index contributed by atoms with van der Waals surface area (Å²) >= 11 is 0. The maximum Gasteiger partial charge on any atom is 0.262 e. The fraction of sp³-hybridized carbons (Fsp3) is 0.278. The minimum Gasteiger partial charge on any atom is -0.345 e. The van der Waals surface area contributed by atoms with Crippen LogP contribution in [0.5, 0.6) is 0 Å². The Morgan fingerprint density at radius 1 is 0.958 bits per heavy atom. The van der Waals surface area contributed by atoms with E-state index in [0.29, 0.717) is 16.8 Å². The predicted molar refractivity (Wildman–Crippen MR) is 95.9 cm³/mol. The molecule has 0 aliphatic rings. The molecule has 0 fully saturated rings. The van der Waals surface area contributed by atoms with E-state index in [-0.39, 0.29) is 10.8 Å². The molecule has 0 atom stereocenters. The Balaban J connectivity index is 2.39. The van der Waals surface area contributed by atoms with Crippen molar-refractivity contribution in [3.63, 3.8) is 0 Å². The van der Waals surface area contributed by atoms with Gasteiger partial charge in [-0.25, -0.2) is 8.42 Å². The summed E-state index contributed by atoms with van der Waals surface area (Å²) in [5.41, 5.74) is 3.44. The number of anilines is 1. The fourth-order valence-corrected chi connectivity index (χ4v) is 3.77. The van der Waals surface area contributed by atoms with E-state index in [1.165, 1.54) is 11.0 Å². The second-order valence-electron chi connectivity index (χ2n) is 6.09. The summed E-state index contributed by atoms with van der Waals surface area (Å²) in [5.74, 6) is -0.182. The average Bonchev–Trinajstić information content (AvgIpc) is 2.49. The van der Waals surface area contributed by atoms with Gasteiger partial charge in [-0.2, -0.15) is 0 Å². The van der Waals surface area contributed by atoms with Crippen LogP contribution in [0.15, 0.2) is 41.3 Å². The van der Waals surface area contributed by atoms with Crippen LogP contribution in [-0.4, -0.2) is 33.3 Å². The molecule has 0 heterocycles. The Morgan fingerprint density at radius 2 is 1.58 bits per heavy atom. The first-order valence-electron chi connectivity index (χ1n) is 7.54. The minimum atomic E-state index is -3.72. The van der Waals surface area contributed by atoms with Gasteiger partial charge >= 0.3 is 0 Å². The molecule has 2 rings (SSSR count). The second kappa shape index (κ2) is 6.65. The van der Waals surface area contributed by atoms with E-state index < -0.39 is 10.0 Å². The number of nitrogens with one attached hydrogen (secondary N) is 1. The molecule has 0 aliphatic carbocycles. The number of nitrogens with zero attached hydrogens (tertiary/aromatic N) is 1. The van der Waals surface area contributed by atoms with Crippen molar-refractivity contribution in [3.8, 4) is 0 Å². The van der Waals surface area contributed by atoms with Crippen LogP contribution in [0.3, 0.4) is 0 Å². The standard InChI is InChI=1S/C18H22N2O3S/c1-12-9-14(3)17(10-13(12)2)24(22,23)19-16-8-6-7-15(11-16)18(21)20(4)5/h6-11,19H,1-5H3. The summed E-state index contributed by atoms with van der Waals surface area (Å²) in [7, 11) is -0.420. The Bertz CT molecular complexity index is 887. The number of carbonyl (C=O) groups is 1. The molecule has 6 heteroatoms. The van der Waals surface area contributed by atoms with E-state index in [1.807, 2.05) is 19.9 Å². The van der Waals surface area contributed by atoms with Gasteiger partial charge in [0.05, 0.1) is 4.90 Å². The van der Waals surface area contributed by atoms with Crippen LogP contribution in [0.1, 0.15) is 27.0 Å². The molecule has 128 valence electrons. The molecule has 1 N–H and O–H groups in total.